The summed E-state index contributed by atoms with van der Waals surface area (Å²) in [7, 11) is 0. The molecule has 1 aromatic rings. The topological polar surface area (TPSA) is 24.9 Å². The van der Waals surface area contributed by atoms with Crippen LogP contribution in [0.25, 0.3) is 0 Å². The second-order valence-corrected chi connectivity index (χ2v) is 4.59. The number of aromatic nitrogens is 1. The Labute approximate surface area is 92.1 Å². The summed E-state index contributed by atoms with van der Waals surface area (Å²) in [5, 5.41) is 3.52. The number of aryl methyl sites for hydroxylation is 1. The highest BCUT2D eigenvalue weighted by Crippen LogP contribution is 2.34. The van der Waals surface area contributed by atoms with E-state index in [-0.39, 0.29) is 0 Å². The van der Waals surface area contributed by atoms with Crippen LogP contribution in [-0.4, -0.2) is 11.0 Å². The van der Waals surface area contributed by atoms with E-state index < -0.39 is 0 Å². The number of nitrogens with one attached hydrogen (secondary N) is 1. The van der Waals surface area contributed by atoms with Crippen LogP contribution in [0.4, 0.5) is 5.82 Å². The van der Waals surface area contributed by atoms with Crippen molar-refractivity contribution in [1.29, 1.82) is 0 Å². The van der Waals surface area contributed by atoms with Crippen molar-refractivity contribution < 1.29 is 0 Å². The summed E-state index contributed by atoms with van der Waals surface area (Å²) in [6.45, 7) is 4.43. The van der Waals surface area contributed by atoms with Gasteiger partial charge in [-0.2, -0.15) is 0 Å². The Balaban J connectivity index is 1.95. The molecule has 0 bridgehead atoms. The Hall–Kier alpha value is -1.05. The SMILES string of the molecule is CCc1cccnc1NC(C)CC1CC1. The van der Waals surface area contributed by atoms with Crippen LogP contribution < -0.4 is 5.32 Å². The van der Waals surface area contributed by atoms with E-state index in [1.165, 1.54) is 24.8 Å². The molecular weight excluding hydrogens is 184 g/mol. The fraction of sp³-hybridized carbons (Fsp3) is 0.615. The maximum Gasteiger partial charge on any atom is 0.129 e. The third kappa shape index (κ3) is 2.95. The van der Waals surface area contributed by atoms with Crippen molar-refractivity contribution in [2.45, 2.75) is 45.6 Å². The first-order chi connectivity index (χ1) is 7.29. The Morgan fingerprint density at radius 3 is 3.00 bits per heavy atom. The molecule has 82 valence electrons. The molecule has 0 amide bonds. The van der Waals surface area contributed by atoms with Crippen LogP contribution >= 0.6 is 0 Å². The molecule has 1 atom stereocenters. The molecule has 1 aliphatic carbocycles. The number of anilines is 1. The quantitative estimate of drug-likeness (QED) is 0.796. The smallest absolute Gasteiger partial charge is 0.129 e. The predicted molar refractivity (Wildman–Crippen MR) is 64.0 cm³/mol. The molecule has 0 spiro atoms. The molecule has 0 radical (unpaired) electrons. The number of hydrogen-bond acceptors (Lipinski definition) is 2. The molecule has 1 aliphatic rings. The van der Waals surface area contributed by atoms with E-state index in [1.54, 1.807) is 0 Å². The summed E-state index contributed by atoms with van der Waals surface area (Å²) in [5.74, 6) is 2.05. The predicted octanol–water partition coefficient (Wildman–Crippen LogP) is 3.24. The molecule has 0 aliphatic heterocycles. The van der Waals surface area contributed by atoms with E-state index in [0.29, 0.717) is 6.04 Å². The first kappa shape index (κ1) is 10.5. The Kier molecular flexibility index (Phi) is 3.24. The maximum atomic E-state index is 4.41. The van der Waals surface area contributed by atoms with Gasteiger partial charge in [0.2, 0.25) is 0 Å². The molecule has 0 saturated heterocycles. The summed E-state index contributed by atoms with van der Waals surface area (Å²) in [6, 6.07) is 4.71. The zero-order valence-electron chi connectivity index (χ0n) is 9.66. The number of nitrogens with zero attached hydrogens (tertiary/aromatic N) is 1. The summed E-state index contributed by atoms with van der Waals surface area (Å²) in [4.78, 5) is 4.41. The van der Waals surface area contributed by atoms with E-state index in [1.807, 2.05) is 12.3 Å². The van der Waals surface area contributed by atoms with Gasteiger partial charge in [0.15, 0.2) is 0 Å². The van der Waals surface area contributed by atoms with Gasteiger partial charge in [0, 0.05) is 12.2 Å². The summed E-state index contributed by atoms with van der Waals surface area (Å²) in [5.41, 5.74) is 1.32. The number of pyridine rings is 1. The maximum absolute atomic E-state index is 4.41. The average molecular weight is 204 g/mol. The second-order valence-electron chi connectivity index (χ2n) is 4.59. The highest BCUT2D eigenvalue weighted by Gasteiger charge is 2.23. The van der Waals surface area contributed by atoms with Crippen molar-refractivity contribution in [1.82, 2.24) is 4.98 Å². The fourth-order valence-corrected chi connectivity index (χ4v) is 2.00. The fourth-order valence-electron chi connectivity index (χ4n) is 2.00. The Morgan fingerprint density at radius 1 is 1.53 bits per heavy atom. The lowest BCUT2D eigenvalue weighted by atomic mass is 10.1. The number of rotatable bonds is 5. The van der Waals surface area contributed by atoms with Gasteiger partial charge in [-0.25, -0.2) is 4.98 Å². The monoisotopic (exact) mass is 204 g/mol. The van der Waals surface area contributed by atoms with Crippen LogP contribution in [0.3, 0.4) is 0 Å². The van der Waals surface area contributed by atoms with Crippen molar-refractivity contribution in [3.8, 4) is 0 Å². The molecule has 1 unspecified atom stereocenters. The molecule has 0 aromatic carbocycles. The third-order valence-electron chi connectivity index (χ3n) is 3.04. The van der Waals surface area contributed by atoms with Gasteiger partial charge in [0.05, 0.1) is 0 Å². The van der Waals surface area contributed by atoms with Crippen LogP contribution in [0.15, 0.2) is 18.3 Å². The minimum Gasteiger partial charge on any atom is -0.367 e. The molecule has 15 heavy (non-hydrogen) atoms. The number of hydrogen-bond donors (Lipinski definition) is 1. The van der Waals surface area contributed by atoms with Gasteiger partial charge in [-0.3, -0.25) is 0 Å². The van der Waals surface area contributed by atoms with E-state index in [2.05, 4.69) is 30.2 Å². The zero-order chi connectivity index (χ0) is 10.7. The van der Waals surface area contributed by atoms with Gasteiger partial charge in [0.25, 0.3) is 0 Å². The molecule has 2 nitrogen and oxygen atoms in total. The highest BCUT2D eigenvalue weighted by molar-refractivity contribution is 5.44. The molecule has 1 N–H and O–H groups in total. The summed E-state index contributed by atoms with van der Waals surface area (Å²) < 4.78 is 0. The first-order valence-corrected chi connectivity index (χ1v) is 6.00. The largest absolute Gasteiger partial charge is 0.367 e. The molecule has 1 fully saturated rings. The molecule has 1 saturated carbocycles. The standard InChI is InChI=1S/C13H20N2/c1-3-12-5-4-8-14-13(12)15-10(2)9-11-6-7-11/h4-5,8,10-11H,3,6-7,9H2,1-2H3,(H,14,15). The van der Waals surface area contributed by atoms with Crippen molar-refractivity contribution in [3.63, 3.8) is 0 Å². The second kappa shape index (κ2) is 4.65. The third-order valence-corrected chi connectivity index (χ3v) is 3.04. The molecule has 2 rings (SSSR count). The average Bonchev–Trinajstić information content (AvgIpc) is 3.02. The van der Waals surface area contributed by atoms with Gasteiger partial charge in [-0.15, -0.1) is 0 Å². The van der Waals surface area contributed by atoms with Crippen LogP contribution in [0.1, 0.15) is 38.7 Å². The Morgan fingerprint density at radius 2 is 2.33 bits per heavy atom. The van der Waals surface area contributed by atoms with E-state index >= 15 is 0 Å². The van der Waals surface area contributed by atoms with Gasteiger partial charge >= 0.3 is 0 Å². The van der Waals surface area contributed by atoms with Crippen molar-refractivity contribution in [3.05, 3.63) is 23.9 Å². The van der Waals surface area contributed by atoms with Gasteiger partial charge < -0.3 is 5.32 Å². The van der Waals surface area contributed by atoms with Crippen LogP contribution in [0.5, 0.6) is 0 Å². The van der Waals surface area contributed by atoms with Crippen molar-refractivity contribution in [2.24, 2.45) is 5.92 Å². The van der Waals surface area contributed by atoms with E-state index in [4.69, 9.17) is 0 Å². The van der Waals surface area contributed by atoms with Crippen LogP contribution in [-0.2, 0) is 6.42 Å². The van der Waals surface area contributed by atoms with Crippen LogP contribution in [0.2, 0.25) is 0 Å². The minimum atomic E-state index is 0.553. The lowest BCUT2D eigenvalue weighted by molar-refractivity contribution is 0.639. The zero-order valence-corrected chi connectivity index (χ0v) is 9.66. The van der Waals surface area contributed by atoms with Crippen molar-refractivity contribution >= 4 is 5.82 Å². The minimum absolute atomic E-state index is 0.553. The van der Waals surface area contributed by atoms with Gasteiger partial charge in [-0.05, 0) is 37.3 Å². The van der Waals surface area contributed by atoms with E-state index in [9.17, 15) is 0 Å². The van der Waals surface area contributed by atoms with Crippen LogP contribution in [0, 0.1) is 5.92 Å². The lowest BCUT2D eigenvalue weighted by Gasteiger charge is -2.16. The summed E-state index contributed by atoms with van der Waals surface area (Å²) in [6.07, 6.45) is 7.06. The summed E-state index contributed by atoms with van der Waals surface area (Å²) >= 11 is 0. The molecule has 1 heterocycles. The first-order valence-electron chi connectivity index (χ1n) is 6.00. The van der Waals surface area contributed by atoms with Crippen molar-refractivity contribution in [2.75, 3.05) is 5.32 Å². The highest BCUT2D eigenvalue weighted by atomic mass is 15.0. The lowest BCUT2D eigenvalue weighted by Crippen LogP contribution is -2.17. The van der Waals surface area contributed by atoms with E-state index in [0.717, 1.165) is 18.2 Å². The molecular formula is C13H20N2. The molecule has 2 heteroatoms. The molecule has 1 aromatic heterocycles. The Bertz CT molecular complexity index is 318. The van der Waals surface area contributed by atoms with Gasteiger partial charge in [0.1, 0.15) is 5.82 Å². The van der Waals surface area contributed by atoms with Gasteiger partial charge in [-0.1, -0.05) is 25.8 Å². The normalized spacial score (nSPS) is 17.5.